The summed E-state index contributed by atoms with van der Waals surface area (Å²) in [6.07, 6.45) is 3.73. The Balaban J connectivity index is 1.65. The number of thiazole rings is 2. The van der Waals surface area contributed by atoms with E-state index in [2.05, 4.69) is 20.8 Å². The van der Waals surface area contributed by atoms with E-state index in [1.54, 1.807) is 22.7 Å². The molecule has 2 aromatic heterocycles. The zero-order chi connectivity index (χ0) is 9.64. The molecule has 74 valence electrons. The Morgan fingerprint density at radius 2 is 1.43 bits per heavy atom. The molecule has 0 atom stereocenters. The highest BCUT2D eigenvalue weighted by Crippen LogP contribution is 2.05. The van der Waals surface area contributed by atoms with Crippen molar-refractivity contribution in [3.05, 3.63) is 33.2 Å². The lowest BCUT2D eigenvalue weighted by Gasteiger charge is -2.02. The number of aromatic nitrogens is 2. The molecule has 0 amide bonds. The molecule has 0 aliphatic carbocycles. The van der Waals surface area contributed by atoms with Crippen LogP contribution in [-0.2, 0) is 13.1 Å². The average molecular weight is 226 g/mol. The van der Waals surface area contributed by atoms with Crippen molar-refractivity contribution in [2.24, 2.45) is 0 Å². The van der Waals surface area contributed by atoms with Crippen LogP contribution in [0.4, 0.5) is 0 Å². The highest BCUT2D eigenvalue weighted by Gasteiger charge is 1.94. The lowest BCUT2D eigenvalue weighted by atomic mass is 10.5. The molecule has 2 rings (SSSR count). The first kappa shape index (κ1) is 9.72. The molecular formula is C8H10N4S2. The summed E-state index contributed by atoms with van der Waals surface area (Å²) >= 11 is 3.29. The molecule has 0 saturated heterocycles. The maximum atomic E-state index is 3.99. The summed E-state index contributed by atoms with van der Waals surface area (Å²) in [4.78, 5) is 10.4. The van der Waals surface area contributed by atoms with Crippen LogP contribution in [0.3, 0.4) is 0 Å². The fraction of sp³-hybridized carbons (Fsp3) is 0.250. The molecule has 14 heavy (non-hydrogen) atoms. The molecule has 0 aliphatic heterocycles. The molecule has 0 radical (unpaired) electrons. The summed E-state index contributed by atoms with van der Waals surface area (Å²) in [5.41, 5.74) is 9.92. The van der Waals surface area contributed by atoms with Gasteiger partial charge in [0.1, 0.15) is 0 Å². The predicted molar refractivity (Wildman–Crippen MR) is 57.9 cm³/mol. The zero-order valence-corrected chi connectivity index (χ0v) is 9.07. The normalized spacial score (nSPS) is 10.6. The summed E-state index contributed by atoms with van der Waals surface area (Å²) < 4.78 is 0. The molecule has 2 heterocycles. The molecule has 0 spiro atoms. The third kappa shape index (κ3) is 2.85. The molecular weight excluding hydrogens is 216 g/mol. The second-order valence-electron chi connectivity index (χ2n) is 2.64. The smallest absolute Gasteiger partial charge is 0.0794 e. The molecule has 0 bridgehead atoms. The van der Waals surface area contributed by atoms with Gasteiger partial charge in [0.2, 0.25) is 0 Å². The largest absolute Gasteiger partial charge is 0.253 e. The first-order valence-corrected chi connectivity index (χ1v) is 5.91. The molecule has 0 saturated carbocycles. The topological polar surface area (TPSA) is 49.8 Å². The van der Waals surface area contributed by atoms with Gasteiger partial charge in [-0.2, -0.15) is 0 Å². The Morgan fingerprint density at radius 1 is 0.929 bits per heavy atom. The van der Waals surface area contributed by atoms with Crippen molar-refractivity contribution in [2.75, 3.05) is 0 Å². The Hall–Kier alpha value is -0.820. The molecule has 6 heteroatoms. The predicted octanol–water partition coefficient (Wildman–Crippen LogP) is 1.39. The Bertz CT molecular complexity index is 307. The molecule has 2 N–H and O–H groups in total. The number of nitrogens with zero attached hydrogens (tertiary/aromatic N) is 2. The van der Waals surface area contributed by atoms with E-state index in [9.17, 15) is 0 Å². The summed E-state index contributed by atoms with van der Waals surface area (Å²) in [6, 6.07) is 0. The van der Waals surface area contributed by atoms with E-state index >= 15 is 0 Å². The van der Waals surface area contributed by atoms with Crippen molar-refractivity contribution < 1.29 is 0 Å². The maximum Gasteiger partial charge on any atom is 0.0794 e. The van der Waals surface area contributed by atoms with Gasteiger partial charge in [-0.25, -0.2) is 0 Å². The summed E-state index contributed by atoms with van der Waals surface area (Å²) in [5, 5.41) is 0. The van der Waals surface area contributed by atoms with Gasteiger partial charge < -0.3 is 0 Å². The van der Waals surface area contributed by atoms with Crippen molar-refractivity contribution in [3.8, 4) is 0 Å². The van der Waals surface area contributed by atoms with Gasteiger partial charge in [0.05, 0.1) is 11.0 Å². The third-order valence-corrected chi connectivity index (χ3v) is 3.18. The van der Waals surface area contributed by atoms with Crippen molar-refractivity contribution >= 4 is 22.7 Å². The second-order valence-corrected chi connectivity index (χ2v) is 4.58. The number of nitrogens with one attached hydrogen (secondary N) is 2. The first-order valence-electron chi connectivity index (χ1n) is 4.15. The van der Waals surface area contributed by atoms with Crippen LogP contribution in [0.1, 0.15) is 9.75 Å². The van der Waals surface area contributed by atoms with Gasteiger partial charge in [0.15, 0.2) is 0 Å². The molecule has 0 unspecified atom stereocenters. The van der Waals surface area contributed by atoms with Crippen LogP contribution in [0.2, 0.25) is 0 Å². The Labute approximate surface area is 90.0 Å². The number of hydrazine groups is 1. The second kappa shape index (κ2) is 5.16. The minimum atomic E-state index is 0.809. The summed E-state index contributed by atoms with van der Waals surface area (Å²) in [5.74, 6) is 0. The first-order chi connectivity index (χ1) is 6.95. The molecule has 0 fully saturated rings. The van der Waals surface area contributed by atoms with Gasteiger partial charge >= 0.3 is 0 Å². The summed E-state index contributed by atoms with van der Waals surface area (Å²) in [6.45, 7) is 1.62. The van der Waals surface area contributed by atoms with Gasteiger partial charge in [-0.3, -0.25) is 20.8 Å². The van der Waals surface area contributed by atoms with Crippen LogP contribution in [0.5, 0.6) is 0 Å². The Morgan fingerprint density at radius 3 is 1.79 bits per heavy atom. The van der Waals surface area contributed by atoms with E-state index in [1.807, 2.05) is 23.4 Å². The van der Waals surface area contributed by atoms with Gasteiger partial charge in [-0.05, 0) is 0 Å². The number of rotatable bonds is 5. The lowest BCUT2D eigenvalue weighted by molar-refractivity contribution is 0.536. The van der Waals surface area contributed by atoms with Crippen LogP contribution < -0.4 is 10.9 Å². The maximum absolute atomic E-state index is 3.99. The van der Waals surface area contributed by atoms with E-state index in [0.29, 0.717) is 0 Å². The third-order valence-electron chi connectivity index (χ3n) is 1.62. The highest BCUT2D eigenvalue weighted by molar-refractivity contribution is 7.09. The van der Waals surface area contributed by atoms with Crippen molar-refractivity contribution in [3.63, 3.8) is 0 Å². The molecule has 0 aromatic carbocycles. The van der Waals surface area contributed by atoms with Crippen LogP contribution in [0, 0.1) is 0 Å². The standard InChI is InChI=1S/C8H10N4S2/c1-7(13-5-9-1)3-11-12-4-8-2-10-6-14-8/h1-2,5-6,11-12H,3-4H2. The van der Waals surface area contributed by atoms with Gasteiger partial charge in [-0.15, -0.1) is 22.7 Å². The monoisotopic (exact) mass is 226 g/mol. The van der Waals surface area contributed by atoms with Crippen molar-refractivity contribution in [1.29, 1.82) is 0 Å². The zero-order valence-electron chi connectivity index (χ0n) is 7.43. The lowest BCUT2D eigenvalue weighted by Crippen LogP contribution is -2.29. The SMILES string of the molecule is c1ncc(CNNCc2cncs2)s1. The number of hydrogen-bond acceptors (Lipinski definition) is 6. The minimum absolute atomic E-state index is 0.809. The summed E-state index contributed by atoms with van der Waals surface area (Å²) in [7, 11) is 0. The van der Waals surface area contributed by atoms with Crippen LogP contribution in [0.25, 0.3) is 0 Å². The minimum Gasteiger partial charge on any atom is -0.253 e. The Kier molecular flexibility index (Phi) is 3.58. The van der Waals surface area contributed by atoms with E-state index < -0.39 is 0 Å². The van der Waals surface area contributed by atoms with Crippen molar-refractivity contribution in [2.45, 2.75) is 13.1 Å². The quantitative estimate of drug-likeness (QED) is 0.597. The van der Waals surface area contributed by atoms with Crippen LogP contribution in [-0.4, -0.2) is 9.97 Å². The van der Waals surface area contributed by atoms with Gasteiger partial charge in [0, 0.05) is 35.2 Å². The van der Waals surface area contributed by atoms with E-state index in [4.69, 9.17) is 0 Å². The number of hydrogen-bond donors (Lipinski definition) is 2. The van der Waals surface area contributed by atoms with Crippen molar-refractivity contribution in [1.82, 2.24) is 20.8 Å². The van der Waals surface area contributed by atoms with Crippen LogP contribution >= 0.6 is 22.7 Å². The molecule has 0 aliphatic rings. The fourth-order valence-corrected chi connectivity index (χ4v) is 2.03. The fourth-order valence-electron chi connectivity index (χ4n) is 0.958. The van der Waals surface area contributed by atoms with E-state index in [-0.39, 0.29) is 0 Å². The average Bonchev–Trinajstić information content (AvgIpc) is 2.86. The van der Waals surface area contributed by atoms with E-state index in [0.717, 1.165) is 13.1 Å². The molecule has 2 aromatic rings. The molecule has 4 nitrogen and oxygen atoms in total. The van der Waals surface area contributed by atoms with E-state index in [1.165, 1.54) is 9.75 Å². The van der Waals surface area contributed by atoms with Crippen LogP contribution in [0.15, 0.2) is 23.4 Å². The highest BCUT2D eigenvalue weighted by atomic mass is 32.1. The van der Waals surface area contributed by atoms with Gasteiger partial charge in [0.25, 0.3) is 0 Å². The van der Waals surface area contributed by atoms with Gasteiger partial charge in [-0.1, -0.05) is 0 Å².